The molecule has 0 aliphatic rings. The minimum atomic E-state index is 0.508. The molecule has 0 aliphatic heterocycles. The Kier molecular flexibility index (Phi) is 3.80. The Hall–Kier alpha value is -2.42. The van der Waals surface area contributed by atoms with E-state index in [4.69, 9.17) is 15.7 Å². The van der Waals surface area contributed by atoms with Crippen LogP contribution >= 0.6 is 11.3 Å². The number of nitriles is 1. The summed E-state index contributed by atoms with van der Waals surface area (Å²) in [5.41, 5.74) is 10.7. The molecule has 3 rings (SSSR count). The molecule has 1 aromatic carbocycles. The summed E-state index contributed by atoms with van der Waals surface area (Å²) in [6, 6.07) is 11.6. The van der Waals surface area contributed by atoms with E-state index in [1.165, 1.54) is 0 Å². The molecule has 0 bridgehead atoms. The Labute approximate surface area is 132 Å². The maximum absolute atomic E-state index is 8.90. The number of hydrogen-bond acceptors (Lipinski definition) is 5. The van der Waals surface area contributed by atoms with Gasteiger partial charge in [-0.2, -0.15) is 5.26 Å². The molecule has 3 aromatic rings. The summed E-state index contributed by atoms with van der Waals surface area (Å²) in [5.74, 6) is 0. The maximum Gasteiger partial charge on any atom is 0.126 e. The lowest BCUT2D eigenvalue weighted by Crippen LogP contribution is -1.94. The molecule has 0 atom stereocenters. The van der Waals surface area contributed by atoms with Gasteiger partial charge in [0.2, 0.25) is 0 Å². The molecule has 0 aliphatic carbocycles. The van der Waals surface area contributed by atoms with Gasteiger partial charge in [-0.15, -0.1) is 11.3 Å². The van der Waals surface area contributed by atoms with Gasteiger partial charge in [0.1, 0.15) is 4.83 Å². The van der Waals surface area contributed by atoms with E-state index in [9.17, 15) is 0 Å². The number of nitrogen functional groups attached to an aromatic ring is 1. The van der Waals surface area contributed by atoms with E-state index in [-0.39, 0.29) is 0 Å². The lowest BCUT2D eigenvalue weighted by molar-refractivity contribution is 0.186. The van der Waals surface area contributed by atoms with Crippen molar-refractivity contribution in [1.82, 2.24) is 4.98 Å². The average Bonchev–Trinajstić information content (AvgIpc) is 2.84. The number of pyridine rings is 1. The first kappa shape index (κ1) is 14.5. The van der Waals surface area contributed by atoms with E-state index in [0.717, 1.165) is 37.6 Å². The standard InChI is InChI=1S/C17H15N3OS/c1-10-7-13(9-21-2)14-15(19)16(22-17(14)20-10)12-5-3-11(8-18)4-6-12/h3-7H,9,19H2,1-2H3. The third-order valence-corrected chi connectivity index (χ3v) is 4.63. The first-order chi connectivity index (χ1) is 10.6. The highest BCUT2D eigenvalue weighted by molar-refractivity contribution is 7.22. The van der Waals surface area contributed by atoms with Gasteiger partial charge in [0.15, 0.2) is 0 Å². The van der Waals surface area contributed by atoms with E-state index in [2.05, 4.69) is 11.1 Å². The van der Waals surface area contributed by atoms with Crippen LogP contribution in [-0.2, 0) is 11.3 Å². The Bertz CT molecular complexity index is 876. The summed E-state index contributed by atoms with van der Waals surface area (Å²) in [6.07, 6.45) is 0. The van der Waals surface area contributed by atoms with Crippen molar-refractivity contribution in [2.75, 3.05) is 12.8 Å². The summed E-state index contributed by atoms with van der Waals surface area (Å²) >= 11 is 1.57. The second-order valence-corrected chi connectivity index (χ2v) is 6.07. The fourth-order valence-corrected chi connectivity index (χ4v) is 3.71. The monoisotopic (exact) mass is 309 g/mol. The van der Waals surface area contributed by atoms with Crippen molar-refractivity contribution in [3.8, 4) is 16.5 Å². The van der Waals surface area contributed by atoms with E-state index in [0.29, 0.717) is 12.2 Å². The van der Waals surface area contributed by atoms with Gasteiger partial charge in [-0.1, -0.05) is 12.1 Å². The van der Waals surface area contributed by atoms with Crippen LogP contribution in [0.3, 0.4) is 0 Å². The predicted molar refractivity (Wildman–Crippen MR) is 89.6 cm³/mol. The number of thiophene rings is 1. The van der Waals surface area contributed by atoms with Crippen LogP contribution < -0.4 is 5.73 Å². The van der Waals surface area contributed by atoms with Gasteiger partial charge in [-0.05, 0) is 36.2 Å². The summed E-state index contributed by atoms with van der Waals surface area (Å²) in [6.45, 7) is 2.48. The zero-order valence-electron chi connectivity index (χ0n) is 12.4. The Morgan fingerprint density at radius 1 is 1.32 bits per heavy atom. The molecular formula is C17H15N3OS. The second kappa shape index (κ2) is 5.76. The van der Waals surface area contributed by atoms with E-state index < -0.39 is 0 Å². The van der Waals surface area contributed by atoms with Gasteiger partial charge in [0, 0.05) is 18.2 Å². The average molecular weight is 309 g/mol. The van der Waals surface area contributed by atoms with Gasteiger partial charge in [0.05, 0.1) is 28.8 Å². The van der Waals surface area contributed by atoms with Crippen molar-refractivity contribution in [2.24, 2.45) is 0 Å². The Morgan fingerprint density at radius 2 is 2.05 bits per heavy atom. The third-order valence-electron chi connectivity index (χ3n) is 3.48. The summed E-state index contributed by atoms with van der Waals surface area (Å²) in [4.78, 5) is 6.49. The number of ether oxygens (including phenoxy) is 1. The van der Waals surface area contributed by atoms with Gasteiger partial charge in [0.25, 0.3) is 0 Å². The van der Waals surface area contributed by atoms with Crippen molar-refractivity contribution in [3.63, 3.8) is 0 Å². The molecule has 2 heterocycles. The number of nitrogens with zero attached hydrogens (tertiary/aromatic N) is 2. The smallest absolute Gasteiger partial charge is 0.126 e. The molecule has 5 heteroatoms. The predicted octanol–water partition coefficient (Wildman–Crippen LogP) is 3.87. The molecule has 0 unspecified atom stereocenters. The highest BCUT2D eigenvalue weighted by Crippen LogP contribution is 2.41. The number of nitrogens with two attached hydrogens (primary N) is 1. The van der Waals surface area contributed by atoms with Gasteiger partial charge < -0.3 is 10.5 Å². The van der Waals surface area contributed by atoms with Crippen molar-refractivity contribution >= 4 is 27.2 Å². The van der Waals surface area contributed by atoms with Crippen molar-refractivity contribution in [2.45, 2.75) is 13.5 Å². The van der Waals surface area contributed by atoms with Crippen molar-refractivity contribution in [3.05, 3.63) is 47.2 Å². The van der Waals surface area contributed by atoms with Crippen LogP contribution in [0.25, 0.3) is 20.7 Å². The summed E-state index contributed by atoms with van der Waals surface area (Å²) < 4.78 is 5.28. The Morgan fingerprint density at radius 3 is 2.68 bits per heavy atom. The minimum absolute atomic E-state index is 0.508. The number of aromatic nitrogens is 1. The molecule has 0 saturated carbocycles. The fraction of sp³-hybridized carbons (Fsp3) is 0.176. The van der Waals surface area contributed by atoms with Crippen LogP contribution in [0.1, 0.15) is 16.8 Å². The topological polar surface area (TPSA) is 71.9 Å². The van der Waals surface area contributed by atoms with Crippen LogP contribution in [0, 0.1) is 18.3 Å². The van der Waals surface area contributed by atoms with Crippen LogP contribution in [0.2, 0.25) is 0 Å². The number of aryl methyl sites for hydroxylation is 1. The van der Waals surface area contributed by atoms with Crippen LogP contribution in [-0.4, -0.2) is 12.1 Å². The summed E-state index contributed by atoms with van der Waals surface area (Å²) in [7, 11) is 1.67. The molecule has 0 saturated heterocycles. The molecule has 2 aromatic heterocycles. The first-order valence-electron chi connectivity index (χ1n) is 6.82. The van der Waals surface area contributed by atoms with Gasteiger partial charge in [-0.3, -0.25) is 0 Å². The maximum atomic E-state index is 8.90. The van der Waals surface area contributed by atoms with E-state index >= 15 is 0 Å². The Balaban J connectivity index is 2.21. The number of rotatable bonds is 3. The lowest BCUT2D eigenvalue weighted by atomic mass is 10.1. The molecule has 0 fully saturated rings. The van der Waals surface area contributed by atoms with Gasteiger partial charge >= 0.3 is 0 Å². The quantitative estimate of drug-likeness (QED) is 0.797. The minimum Gasteiger partial charge on any atom is -0.397 e. The van der Waals surface area contributed by atoms with Crippen LogP contribution in [0.15, 0.2) is 30.3 Å². The van der Waals surface area contributed by atoms with E-state index in [1.807, 2.05) is 25.1 Å². The molecule has 4 nitrogen and oxygen atoms in total. The second-order valence-electron chi connectivity index (χ2n) is 5.07. The molecule has 110 valence electrons. The fourth-order valence-electron chi connectivity index (χ4n) is 2.52. The van der Waals surface area contributed by atoms with Crippen LogP contribution in [0.4, 0.5) is 5.69 Å². The van der Waals surface area contributed by atoms with E-state index in [1.54, 1.807) is 30.6 Å². The largest absolute Gasteiger partial charge is 0.397 e. The molecule has 2 N–H and O–H groups in total. The molecule has 22 heavy (non-hydrogen) atoms. The zero-order chi connectivity index (χ0) is 15.7. The molecule has 0 radical (unpaired) electrons. The summed E-state index contributed by atoms with van der Waals surface area (Å²) in [5, 5.41) is 9.87. The third kappa shape index (κ3) is 2.43. The van der Waals surface area contributed by atoms with Crippen molar-refractivity contribution < 1.29 is 4.74 Å². The van der Waals surface area contributed by atoms with Crippen molar-refractivity contribution in [1.29, 1.82) is 5.26 Å². The normalized spacial score (nSPS) is 10.8. The molecular weight excluding hydrogens is 294 g/mol. The highest BCUT2D eigenvalue weighted by Gasteiger charge is 2.16. The highest BCUT2D eigenvalue weighted by atomic mass is 32.1. The first-order valence-corrected chi connectivity index (χ1v) is 7.63. The zero-order valence-corrected chi connectivity index (χ0v) is 13.2. The number of methoxy groups -OCH3 is 1. The number of hydrogen-bond donors (Lipinski definition) is 1. The SMILES string of the molecule is COCc1cc(C)nc2sc(-c3ccc(C#N)cc3)c(N)c12. The molecule has 0 spiro atoms. The molecule has 0 amide bonds. The number of benzene rings is 1. The van der Waals surface area contributed by atoms with Gasteiger partial charge in [-0.25, -0.2) is 4.98 Å². The number of anilines is 1. The number of fused-ring (bicyclic) bond motifs is 1. The lowest BCUT2D eigenvalue weighted by Gasteiger charge is -2.05. The van der Waals surface area contributed by atoms with Crippen LogP contribution in [0.5, 0.6) is 0 Å².